The summed E-state index contributed by atoms with van der Waals surface area (Å²) in [6, 6.07) is 15.2. The number of pyridine rings is 1. The molecule has 2 aliphatic rings. The first-order chi connectivity index (χ1) is 14.8. The minimum Gasteiger partial charge on any atom is -0.391 e. The number of fused-ring (bicyclic) bond motifs is 2. The quantitative estimate of drug-likeness (QED) is 0.562. The summed E-state index contributed by atoms with van der Waals surface area (Å²) in [4.78, 5) is 21.7. The highest BCUT2D eigenvalue weighted by Crippen LogP contribution is 2.51. The maximum atomic E-state index is 12.6. The second-order valence-electron chi connectivity index (χ2n) is 8.28. The molecule has 1 aromatic heterocycles. The highest BCUT2D eigenvalue weighted by Gasteiger charge is 2.32. The van der Waals surface area contributed by atoms with Gasteiger partial charge in [-0.1, -0.05) is 29.8 Å². The predicted molar refractivity (Wildman–Crippen MR) is 123 cm³/mol. The number of benzene rings is 2. The third kappa shape index (κ3) is 3.65. The first-order valence-electron chi connectivity index (χ1n) is 10.3. The molecule has 3 aromatic rings. The van der Waals surface area contributed by atoms with Crippen LogP contribution in [0.3, 0.4) is 0 Å². The average Bonchev–Trinajstić information content (AvgIpc) is 3.00. The number of carbonyl (C=O) groups is 1. The van der Waals surface area contributed by atoms with Gasteiger partial charge in [0.05, 0.1) is 40.9 Å². The van der Waals surface area contributed by atoms with E-state index in [4.69, 9.17) is 4.98 Å². The lowest BCUT2D eigenvalue weighted by Crippen LogP contribution is -2.28. The molecule has 1 saturated heterocycles. The normalized spacial score (nSPS) is 21.8. The van der Waals surface area contributed by atoms with Gasteiger partial charge in [0.2, 0.25) is 5.91 Å². The fourth-order valence-corrected chi connectivity index (χ4v) is 5.94. The number of aliphatic hydroxyl groups is 1. The van der Waals surface area contributed by atoms with E-state index < -0.39 is 16.7 Å². The van der Waals surface area contributed by atoms with Gasteiger partial charge in [-0.15, -0.1) is 0 Å². The molecule has 2 aromatic carbocycles. The number of anilines is 2. The molecule has 0 bridgehead atoms. The number of aryl methyl sites for hydroxylation is 1. The summed E-state index contributed by atoms with van der Waals surface area (Å²) in [5.41, 5.74) is 3.42. The molecule has 31 heavy (non-hydrogen) atoms. The summed E-state index contributed by atoms with van der Waals surface area (Å²) in [5.74, 6) is 0.782. The average molecular weight is 440 g/mol. The van der Waals surface area contributed by atoms with Gasteiger partial charge in [0.1, 0.15) is 5.82 Å². The van der Waals surface area contributed by atoms with Crippen LogP contribution in [-0.2, 0) is 11.3 Å². The van der Waals surface area contributed by atoms with Crippen LogP contribution in [0.15, 0.2) is 53.4 Å². The largest absolute Gasteiger partial charge is 0.391 e. The van der Waals surface area contributed by atoms with Gasteiger partial charge in [0, 0.05) is 24.5 Å². The molecular weight excluding hydrogens is 414 g/mol. The monoisotopic (exact) mass is 439 g/mol. The fraction of sp³-hybridized carbons (Fsp3) is 0.304. The first-order valence-corrected chi connectivity index (χ1v) is 12.0. The number of hydrogen-bond acceptors (Lipinski definition) is 6. The molecule has 1 atom stereocenters. The topological polar surface area (TPSA) is 97.1 Å². The maximum absolute atomic E-state index is 12.6. The van der Waals surface area contributed by atoms with Crippen molar-refractivity contribution in [3.05, 3.63) is 59.7 Å². The lowest BCUT2D eigenvalue weighted by atomic mass is 10.1. The maximum Gasteiger partial charge on any atom is 0.229 e. The Morgan fingerprint density at radius 1 is 1.13 bits per heavy atom. The highest BCUT2D eigenvalue weighted by molar-refractivity contribution is 8.24. The molecule has 162 valence electrons. The number of aromatic nitrogens is 1. The van der Waals surface area contributed by atoms with Gasteiger partial charge in [-0.3, -0.25) is 13.9 Å². The lowest BCUT2D eigenvalue weighted by Gasteiger charge is -2.32. The highest BCUT2D eigenvalue weighted by atomic mass is 32.3. The van der Waals surface area contributed by atoms with Crippen LogP contribution in [0.1, 0.15) is 17.5 Å². The molecule has 3 heterocycles. The van der Waals surface area contributed by atoms with Gasteiger partial charge in [-0.2, -0.15) is 10.6 Å². The second kappa shape index (κ2) is 7.49. The number of β-amino-alcohol motifs (C(OH)–C–C–N with tert-alkyl or cyclic N) is 1. The van der Waals surface area contributed by atoms with Gasteiger partial charge >= 0.3 is 0 Å². The van der Waals surface area contributed by atoms with Crippen LogP contribution in [0.2, 0.25) is 0 Å². The molecule has 8 heteroatoms. The van der Waals surface area contributed by atoms with Gasteiger partial charge in [-0.25, -0.2) is 4.98 Å². The zero-order valence-electron chi connectivity index (χ0n) is 17.2. The van der Waals surface area contributed by atoms with Crippen LogP contribution in [0.4, 0.5) is 11.5 Å². The summed E-state index contributed by atoms with van der Waals surface area (Å²) in [5, 5.41) is 10.9. The number of amides is 1. The molecule has 0 spiro atoms. The molecule has 0 aliphatic carbocycles. The fourth-order valence-electron chi connectivity index (χ4n) is 4.40. The molecule has 5 rings (SSSR count). The van der Waals surface area contributed by atoms with E-state index >= 15 is 0 Å². The van der Waals surface area contributed by atoms with Crippen molar-refractivity contribution in [2.45, 2.75) is 30.9 Å². The van der Waals surface area contributed by atoms with E-state index in [1.54, 1.807) is 11.0 Å². The van der Waals surface area contributed by atoms with E-state index in [0.29, 0.717) is 23.8 Å². The van der Waals surface area contributed by atoms with E-state index in [1.807, 2.05) is 54.3 Å². The molecule has 0 unspecified atom stereocenters. The second-order valence-corrected chi connectivity index (χ2v) is 10.5. The van der Waals surface area contributed by atoms with Gasteiger partial charge in [-0.05, 0) is 30.7 Å². The van der Waals surface area contributed by atoms with Crippen LogP contribution in [0.25, 0.3) is 10.9 Å². The van der Waals surface area contributed by atoms with E-state index in [0.717, 1.165) is 27.7 Å². The van der Waals surface area contributed by atoms with Crippen molar-refractivity contribution < 1.29 is 19.0 Å². The minimum absolute atomic E-state index is 0.108. The van der Waals surface area contributed by atoms with Gasteiger partial charge in [0.15, 0.2) is 0 Å². The van der Waals surface area contributed by atoms with Crippen LogP contribution in [-0.4, -0.2) is 50.0 Å². The number of hydrogen-bond donors (Lipinski definition) is 3. The lowest BCUT2D eigenvalue weighted by molar-refractivity contribution is -0.117. The number of rotatable bonds is 2. The molecule has 2 aliphatic heterocycles. The van der Waals surface area contributed by atoms with E-state index in [-0.39, 0.29) is 24.6 Å². The zero-order valence-corrected chi connectivity index (χ0v) is 18.0. The summed E-state index contributed by atoms with van der Waals surface area (Å²) >= 11 is 0. The Balaban J connectivity index is 1.63. The van der Waals surface area contributed by atoms with E-state index in [2.05, 4.69) is 0 Å². The third-order valence-electron chi connectivity index (χ3n) is 5.98. The summed E-state index contributed by atoms with van der Waals surface area (Å²) < 4.78 is 21.4. The summed E-state index contributed by atoms with van der Waals surface area (Å²) in [6.07, 6.45) is -0.565. The van der Waals surface area contributed by atoms with Crippen LogP contribution >= 0.6 is 10.6 Å². The van der Waals surface area contributed by atoms with E-state index in [9.17, 15) is 19.0 Å². The van der Waals surface area contributed by atoms with Crippen molar-refractivity contribution in [3.8, 4) is 0 Å². The van der Waals surface area contributed by atoms with Crippen molar-refractivity contribution in [2.24, 2.45) is 0 Å². The molecule has 0 radical (unpaired) electrons. The summed E-state index contributed by atoms with van der Waals surface area (Å²) in [6.45, 7) is 3.17. The van der Waals surface area contributed by atoms with E-state index in [1.165, 1.54) is 0 Å². The first kappa shape index (κ1) is 20.3. The zero-order chi connectivity index (χ0) is 21.8. The SMILES string of the molecule is Cc1ccc2nc(N3CCS(O)(O)c4ccccc4C3)cc(N3C[C@H](O)CC3=O)c2c1. The van der Waals surface area contributed by atoms with Crippen LogP contribution < -0.4 is 9.80 Å². The molecule has 1 fully saturated rings. The van der Waals surface area contributed by atoms with Crippen LogP contribution in [0.5, 0.6) is 0 Å². The number of aliphatic hydroxyl groups excluding tert-OH is 1. The van der Waals surface area contributed by atoms with Gasteiger partial charge < -0.3 is 14.9 Å². The van der Waals surface area contributed by atoms with Crippen molar-refractivity contribution in [2.75, 3.05) is 28.6 Å². The smallest absolute Gasteiger partial charge is 0.229 e. The summed E-state index contributed by atoms with van der Waals surface area (Å²) in [7, 11) is -2.88. The molecule has 7 nitrogen and oxygen atoms in total. The third-order valence-corrected chi connectivity index (χ3v) is 7.83. The van der Waals surface area contributed by atoms with Gasteiger partial charge in [0.25, 0.3) is 0 Å². The molecule has 1 amide bonds. The molecular formula is C23H25N3O4S. The van der Waals surface area contributed by atoms with Crippen molar-refractivity contribution in [3.63, 3.8) is 0 Å². The Bertz CT molecular complexity index is 1180. The number of carbonyl (C=O) groups excluding carboxylic acids is 1. The minimum atomic E-state index is -2.88. The number of nitrogens with zero attached hydrogens (tertiary/aromatic N) is 3. The van der Waals surface area contributed by atoms with Crippen molar-refractivity contribution in [1.82, 2.24) is 4.98 Å². The Morgan fingerprint density at radius 3 is 2.71 bits per heavy atom. The van der Waals surface area contributed by atoms with Crippen LogP contribution in [0, 0.1) is 6.92 Å². The Labute approximate surface area is 182 Å². The Morgan fingerprint density at radius 2 is 1.94 bits per heavy atom. The standard InChI is InChI=1S/C23H25N3O4S/c1-15-6-7-19-18(10-15)20(26-14-17(27)11-23(26)28)12-22(24-19)25-8-9-31(29,30)21-5-3-2-4-16(21)13-25/h2-7,10,12,17,27,29-30H,8-9,11,13-14H2,1H3/t17-/m1/s1. The molecule has 3 N–H and O–H groups in total. The predicted octanol–water partition coefficient (Wildman–Crippen LogP) is 3.77. The molecule has 0 saturated carbocycles. The van der Waals surface area contributed by atoms with Crippen molar-refractivity contribution >= 4 is 38.9 Å². The van der Waals surface area contributed by atoms with Crippen molar-refractivity contribution in [1.29, 1.82) is 0 Å². The Kier molecular flexibility index (Phi) is 4.90. The Hall–Kier alpha value is -2.65.